The normalized spacial score (nSPS) is 11.2. The van der Waals surface area contributed by atoms with Gasteiger partial charge in [0.2, 0.25) is 0 Å². The fourth-order valence-electron chi connectivity index (χ4n) is 1.89. The van der Waals surface area contributed by atoms with E-state index in [0.29, 0.717) is 11.3 Å². The summed E-state index contributed by atoms with van der Waals surface area (Å²) in [4.78, 5) is 0.162. The maximum absolute atomic E-state index is 13.9. The Morgan fingerprint density at radius 1 is 1.10 bits per heavy atom. The Labute approximate surface area is 129 Å². The van der Waals surface area contributed by atoms with Gasteiger partial charge in [-0.25, -0.2) is 4.39 Å². The number of hydrogen-bond donors (Lipinski definition) is 1. The largest absolute Gasteiger partial charge is 0.454 e. The van der Waals surface area contributed by atoms with Gasteiger partial charge in [-0.3, -0.25) is 0 Å². The van der Waals surface area contributed by atoms with Crippen molar-refractivity contribution >= 4 is 17.2 Å². The first-order chi connectivity index (χ1) is 9.77. The molecule has 0 aliphatic rings. The van der Waals surface area contributed by atoms with Gasteiger partial charge in [-0.2, -0.15) is 0 Å². The van der Waals surface area contributed by atoms with Gasteiger partial charge in [-0.05, 0) is 41.3 Å². The molecule has 2 nitrogen and oxygen atoms in total. The average Bonchev–Trinajstić information content (AvgIpc) is 2.40. The van der Waals surface area contributed by atoms with Crippen LogP contribution < -0.4 is 10.5 Å². The quantitative estimate of drug-likeness (QED) is 0.845. The van der Waals surface area contributed by atoms with Crippen LogP contribution in [0.25, 0.3) is 0 Å². The highest BCUT2D eigenvalue weighted by molar-refractivity contribution is 7.80. The SMILES string of the molecule is CC(C)(C)c1ccc(Oc2ccc(C(N)=S)cc2F)cc1. The van der Waals surface area contributed by atoms with Crippen LogP contribution in [0.3, 0.4) is 0 Å². The Balaban J connectivity index is 2.20. The lowest BCUT2D eigenvalue weighted by atomic mass is 9.87. The van der Waals surface area contributed by atoms with Gasteiger partial charge in [0.05, 0.1) is 0 Å². The monoisotopic (exact) mass is 303 g/mol. The average molecular weight is 303 g/mol. The van der Waals surface area contributed by atoms with Gasteiger partial charge in [0, 0.05) is 5.56 Å². The standard InChI is InChI=1S/C17H18FNOS/c1-17(2,3)12-5-7-13(8-6-12)20-15-9-4-11(16(19)21)10-14(15)18/h4-10H,1-3H3,(H2,19,21). The minimum Gasteiger partial charge on any atom is -0.454 e. The second-order valence-corrected chi connectivity index (χ2v) is 6.33. The molecular formula is C17H18FNOS. The van der Waals surface area contributed by atoms with Crippen molar-refractivity contribution < 1.29 is 9.13 Å². The third kappa shape index (κ3) is 3.79. The van der Waals surface area contributed by atoms with E-state index in [1.54, 1.807) is 6.07 Å². The minimum atomic E-state index is -0.486. The second-order valence-electron chi connectivity index (χ2n) is 5.89. The van der Waals surface area contributed by atoms with Crippen LogP contribution in [0.2, 0.25) is 0 Å². The Kier molecular flexibility index (Phi) is 4.28. The second kappa shape index (κ2) is 5.82. The fourth-order valence-corrected chi connectivity index (χ4v) is 2.01. The first-order valence-electron chi connectivity index (χ1n) is 6.65. The summed E-state index contributed by atoms with van der Waals surface area (Å²) in [5, 5.41) is 0. The van der Waals surface area contributed by atoms with Crippen molar-refractivity contribution in [2.24, 2.45) is 5.73 Å². The zero-order valence-electron chi connectivity index (χ0n) is 12.3. The summed E-state index contributed by atoms with van der Waals surface area (Å²) in [6, 6.07) is 12.1. The Bertz CT molecular complexity index is 659. The number of thiocarbonyl (C=S) groups is 1. The van der Waals surface area contributed by atoms with E-state index in [1.807, 2.05) is 24.3 Å². The molecule has 2 aromatic rings. The summed E-state index contributed by atoms with van der Waals surface area (Å²) in [5.41, 5.74) is 7.22. The number of benzene rings is 2. The number of rotatable bonds is 3. The van der Waals surface area contributed by atoms with Crippen LogP contribution in [0.4, 0.5) is 4.39 Å². The summed E-state index contributed by atoms with van der Waals surface area (Å²) in [6.45, 7) is 6.41. The number of halogens is 1. The molecule has 2 aromatic carbocycles. The molecular weight excluding hydrogens is 285 g/mol. The number of ether oxygens (including phenoxy) is 1. The van der Waals surface area contributed by atoms with Crippen molar-refractivity contribution in [3.63, 3.8) is 0 Å². The van der Waals surface area contributed by atoms with Crippen molar-refractivity contribution in [3.8, 4) is 11.5 Å². The predicted molar refractivity (Wildman–Crippen MR) is 87.5 cm³/mol. The van der Waals surface area contributed by atoms with E-state index in [-0.39, 0.29) is 16.2 Å². The highest BCUT2D eigenvalue weighted by atomic mass is 32.1. The molecule has 0 unspecified atom stereocenters. The first kappa shape index (κ1) is 15.4. The van der Waals surface area contributed by atoms with E-state index in [0.717, 1.165) is 0 Å². The highest BCUT2D eigenvalue weighted by Gasteiger charge is 2.13. The van der Waals surface area contributed by atoms with Crippen LogP contribution >= 0.6 is 12.2 Å². The molecule has 2 rings (SSSR count). The molecule has 0 atom stereocenters. The minimum absolute atomic E-state index is 0.0717. The molecule has 0 aromatic heterocycles. The lowest BCUT2D eigenvalue weighted by Crippen LogP contribution is -2.10. The van der Waals surface area contributed by atoms with E-state index in [1.165, 1.54) is 17.7 Å². The van der Waals surface area contributed by atoms with Crippen LogP contribution in [0.1, 0.15) is 31.9 Å². The van der Waals surface area contributed by atoms with E-state index in [2.05, 4.69) is 20.8 Å². The lowest BCUT2D eigenvalue weighted by Gasteiger charge is -2.19. The molecule has 4 heteroatoms. The Hall–Kier alpha value is -1.94. The van der Waals surface area contributed by atoms with Gasteiger partial charge in [-0.15, -0.1) is 0 Å². The van der Waals surface area contributed by atoms with Gasteiger partial charge >= 0.3 is 0 Å². The van der Waals surface area contributed by atoms with Gasteiger partial charge < -0.3 is 10.5 Å². The van der Waals surface area contributed by atoms with Gasteiger partial charge in [-0.1, -0.05) is 45.1 Å². The van der Waals surface area contributed by atoms with E-state index in [4.69, 9.17) is 22.7 Å². The summed E-state index contributed by atoms with van der Waals surface area (Å²) in [5.74, 6) is 0.253. The van der Waals surface area contributed by atoms with Crippen molar-refractivity contribution in [3.05, 3.63) is 59.4 Å². The zero-order valence-corrected chi connectivity index (χ0v) is 13.1. The number of hydrogen-bond acceptors (Lipinski definition) is 2. The van der Waals surface area contributed by atoms with E-state index >= 15 is 0 Å². The van der Waals surface area contributed by atoms with Crippen molar-refractivity contribution in [2.45, 2.75) is 26.2 Å². The molecule has 0 bridgehead atoms. The molecule has 0 aliphatic heterocycles. The van der Waals surface area contributed by atoms with E-state index < -0.39 is 5.82 Å². The van der Waals surface area contributed by atoms with Crippen LogP contribution in [-0.2, 0) is 5.41 Å². The van der Waals surface area contributed by atoms with Crippen molar-refractivity contribution in [1.29, 1.82) is 0 Å². The van der Waals surface area contributed by atoms with Crippen LogP contribution in [0.15, 0.2) is 42.5 Å². The Morgan fingerprint density at radius 2 is 1.71 bits per heavy atom. The van der Waals surface area contributed by atoms with Crippen molar-refractivity contribution in [1.82, 2.24) is 0 Å². The van der Waals surface area contributed by atoms with Crippen LogP contribution in [0, 0.1) is 5.82 Å². The third-order valence-corrected chi connectivity index (χ3v) is 3.40. The molecule has 0 heterocycles. The van der Waals surface area contributed by atoms with Gasteiger partial charge in [0.1, 0.15) is 10.7 Å². The predicted octanol–water partition coefficient (Wildman–Crippen LogP) is 4.55. The first-order valence-corrected chi connectivity index (χ1v) is 7.06. The molecule has 0 radical (unpaired) electrons. The van der Waals surface area contributed by atoms with E-state index in [9.17, 15) is 4.39 Å². The molecule has 0 aliphatic carbocycles. The summed E-state index contributed by atoms with van der Waals surface area (Å²) in [6.07, 6.45) is 0. The smallest absolute Gasteiger partial charge is 0.166 e. The third-order valence-electron chi connectivity index (χ3n) is 3.16. The topological polar surface area (TPSA) is 35.2 Å². The molecule has 0 amide bonds. The van der Waals surface area contributed by atoms with Crippen LogP contribution in [0.5, 0.6) is 11.5 Å². The molecule has 110 valence electrons. The molecule has 0 saturated heterocycles. The maximum Gasteiger partial charge on any atom is 0.166 e. The Morgan fingerprint density at radius 3 is 2.19 bits per heavy atom. The fraction of sp³-hybridized carbons (Fsp3) is 0.235. The molecule has 0 spiro atoms. The summed E-state index contributed by atoms with van der Waals surface area (Å²) >= 11 is 4.81. The molecule has 21 heavy (non-hydrogen) atoms. The summed E-state index contributed by atoms with van der Waals surface area (Å²) < 4.78 is 19.5. The molecule has 0 saturated carbocycles. The zero-order chi connectivity index (χ0) is 15.6. The molecule has 2 N–H and O–H groups in total. The lowest BCUT2D eigenvalue weighted by molar-refractivity contribution is 0.441. The number of nitrogens with two attached hydrogens (primary N) is 1. The maximum atomic E-state index is 13.9. The molecule has 0 fully saturated rings. The summed E-state index contributed by atoms with van der Waals surface area (Å²) in [7, 11) is 0. The van der Waals surface area contributed by atoms with Gasteiger partial charge in [0.15, 0.2) is 11.6 Å². The van der Waals surface area contributed by atoms with Crippen molar-refractivity contribution in [2.75, 3.05) is 0 Å². The highest BCUT2D eigenvalue weighted by Crippen LogP contribution is 2.28. The van der Waals surface area contributed by atoms with Crippen LogP contribution in [-0.4, -0.2) is 4.99 Å². The van der Waals surface area contributed by atoms with Gasteiger partial charge in [0.25, 0.3) is 0 Å².